The standard InChI is InChI=1S/C28H31NO5/c1-28(2,3)18-12-17(11-16-13-23(33-5)24(34-6)15-22(16)32-4)26-20(14-18)25(27(30)31)19-9-7-8-10-21(19)29-26/h7-11,13,15,18H,12,14H2,1-6H3,(H,30,31). The summed E-state index contributed by atoms with van der Waals surface area (Å²) >= 11 is 0. The number of allylic oxidation sites excluding steroid dienone is 1. The molecule has 0 saturated heterocycles. The number of carbonyl (C=O) groups is 1. The van der Waals surface area contributed by atoms with Crippen molar-refractivity contribution >= 4 is 28.5 Å². The van der Waals surface area contributed by atoms with Crippen LogP contribution in [0.3, 0.4) is 0 Å². The molecule has 4 rings (SSSR count). The maximum absolute atomic E-state index is 12.5. The molecule has 0 bridgehead atoms. The number of ether oxygens (including phenoxy) is 3. The van der Waals surface area contributed by atoms with Gasteiger partial charge in [0.2, 0.25) is 0 Å². The molecule has 1 heterocycles. The third-order valence-corrected chi connectivity index (χ3v) is 6.72. The van der Waals surface area contributed by atoms with E-state index in [-0.39, 0.29) is 11.3 Å². The van der Waals surface area contributed by atoms with E-state index in [2.05, 4.69) is 20.8 Å². The highest BCUT2D eigenvalue weighted by Crippen LogP contribution is 2.46. The Morgan fingerprint density at radius 2 is 1.65 bits per heavy atom. The first-order valence-electron chi connectivity index (χ1n) is 11.3. The smallest absolute Gasteiger partial charge is 0.336 e. The number of pyridine rings is 1. The number of fused-ring (bicyclic) bond motifs is 2. The molecule has 1 unspecified atom stereocenters. The minimum absolute atomic E-state index is 0.0140. The first-order chi connectivity index (χ1) is 16.2. The molecule has 1 aliphatic rings. The highest BCUT2D eigenvalue weighted by atomic mass is 16.5. The Kier molecular flexibility index (Phi) is 6.26. The second-order valence-corrected chi connectivity index (χ2v) is 9.73. The molecule has 3 aromatic rings. The number of carboxylic acid groups (broad SMARTS) is 1. The lowest BCUT2D eigenvalue weighted by molar-refractivity contribution is 0.0696. The maximum atomic E-state index is 12.5. The Bertz CT molecular complexity index is 1290. The molecule has 0 radical (unpaired) electrons. The summed E-state index contributed by atoms with van der Waals surface area (Å²) < 4.78 is 16.6. The molecule has 1 N–H and O–H groups in total. The number of para-hydroxylation sites is 1. The predicted molar refractivity (Wildman–Crippen MR) is 134 cm³/mol. The fraction of sp³-hybridized carbons (Fsp3) is 0.357. The van der Waals surface area contributed by atoms with Crippen molar-refractivity contribution in [2.75, 3.05) is 21.3 Å². The number of hydrogen-bond acceptors (Lipinski definition) is 5. The van der Waals surface area contributed by atoms with Crippen LogP contribution in [0, 0.1) is 11.3 Å². The average Bonchev–Trinajstić information content (AvgIpc) is 2.81. The van der Waals surface area contributed by atoms with Crippen molar-refractivity contribution < 1.29 is 24.1 Å². The van der Waals surface area contributed by atoms with Crippen LogP contribution in [0.2, 0.25) is 0 Å². The molecule has 0 spiro atoms. The molecule has 1 aliphatic carbocycles. The number of benzene rings is 2. The van der Waals surface area contributed by atoms with Gasteiger partial charge in [-0.2, -0.15) is 0 Å². The van der Waals surface area contributed by atoms with E-state index in [1.165, 1.54) is 0 Å². The largest absolute Gasteiger partial charge is 0.496 e. The first kappa shape index (κ1) is 23.6. The van der Waals surface area contributed by atoms with Gasteiger partial charge in [0.1, 0.15) is 5.75 Å². The van der Waals surface area contributed by atoms with Crippen molar-refractivity contribution in [2.24, 2.45) is 11.3 Å². The summed E-state index contributed by atoms with van der Waals surface area (Å²) in [7, 11) is 4.80. The van der Waals surface area contributed by atoms with E-state index in [1.807, 2.05) is 36.4 Å². The monoisotopic (exact) mass is 461 g/mol. The van der Waals surface area contributed by atoms with Crippen molar-refractivity contribution in [1.82, 2.24) is 4.98 Å². The van der Waals surface area contributed by atoms with Gasteiger partial charge >= 0.3 is 5.97 Å². The van der Waals surface area contributed by atoms with E-state index in [9.17, 15) is 9.90 Å². The second kappa shape index (κ2) is 9.01. The Morgan fingerprint density at radius 3 is 2.26 bits per heavy atom. The number of methoxy groups -OCH3 is 3. The molecule has 178 valence electrons. The molecular formula is C28H31NO5. The maximum Gasteiger partial charge on any atom is 0.336 e. The van der Waals surface area contributed by atoms with Crippen molar-refractivity contribution in [3.8, 4) is 17.2 Å². The van der Waals surface area contributed by atoms with Crippen LogP contribution in [0.25, 0.3) is 22.6 Å². The Morgan fingerprint density at radius 1 is 1.00 bits per heavy atom. The van der Waals surface area contributed by atoms with E-state index in [4.69, 9.17) is 19.2 Å². The van der Waals surface area contributed by atoms with Crippen molar-refractivity contribution in [3.63, 3.8) is 0 Å². The van der Waals surface area contributed by atoms with Gasteiger partial charge in [0.05, 0.1) is 38.1 Å². The molecule has 34 heavy (non-hydrogen) atoms. The first-order valence-corrected chi connectivity index (χ1v) is 11.3. The fourth-order valence-corrected chi connectivity index (χ4v) is 4.73. The third-order valence-electron chi connectivity index (χ3n) is 6.72. The van der Waals surface area contributed by atoms with E-state index >= 15 is 0 Å². The van der Waals surface area contributed by atoms with Gasteiger partial charge in [-0.25, -0.2) is 9.78 Å². The van der Waals surface area contributed by atoms with Crippen LogP contribution in [0.15, 0.2) is 36.4 Å². The van der Waals surface area contributed by atoms with Crippen LogP contribution in [0.4, 0.5) is 0 Å². The summed E-state index contributed by atoms with van der Waals surface area (Å²) in [5.74, 6) is 1.14. The van der Waals surface area contributed by atoms with E-state index in [0.29, 0.717) is 40.1 Å². The van der Waals surface area contributed by atoms with Crippen LogP contribution in [-0.2, 0) is 6.42 Å². The lowest BCUT2D eigenvalue weighted by Crippen LogP contribution is -2.28. The summed E-state index contributed by atoms with van der Waals surface area (Å²) in [6.07, 6.45) is 3.49. The average molecular weight is 462 g/mol. The number of aromatic carboxylic acids is 1. The molecule has 0 amide bonds. The lowest BCUT2D eigenvalue weighted by Gasteiger charge is -2.36. The van der Waals surface area contributed by atoms with Gasteiger partial charge in [0, 0.05) is 17.0 Å². The molecule has 0 aliphatic heterocycles. The lowest BCUT2D eigenvalue weighted by atomic mass is 9.69. The molecule has 0 saturated carbocycles. The van der Waals surface area contributed by atoms with Crippen LogP contribution < -0.4 is 14.2 Å². The Hall–Kier alpha value is -3.54. The summed E-state index contributed by atoms with van der Waals surface area (Å²) in [6.45, 7) is 6.60. The molecule has 0 fully saturated rings. The number of rotatable bonds is 5. The minimum atomic E-state index is -0.924. The van der Waals surface area contributed by atoms with E-state index in [1.54, 1.807) is 27.4 Å². The SMILES string of the molecule is COc1cc(OC)c(OC)cc1C=C1CC(C(C)(C)C)Cc2c1nc1ccccc1c2C(=O)O. The minimum Gasteiger partial charge on any atom is -0.496 e. The summed E-state index contributed by atoms with van der Waals surface area (Å²) in [5, 5.41) is 10.9. The summed E-state index contributed by atoms with van der Waals surface area (Å²) in [6, 6.07) is 11.1. The normalized spacial score (nSPS) is 16.9. The van der Waals surface area contributed by atoms with Gasteiger partial charge in [0.15, 0.2) is 11.5 Å². The number of aromatic nitrogens is 1. The predicted octanol–water partition coefficient (Wildman–Crippen LogP) is 6.11. The zero-order valence-electron chi connectivity index (χ0n) is 20.6. The third kappa shape index (κ3) is 4.20. The van der Waals surface area contributed by atoms with Crippen molar-refractivity contribution in [1.29, 1.82) is 0 Å². The molecule has 1 atom stereocenters. The quantitative estimate of drug-likeness (QED) is 0.494. The molecular weight excluding hydrogens is 430 g/mol. The van der Waals surface area contributed by atoms with Crippen LogP contribution in [-0.4, -0.2) is 37.4 Å². The fourth-order valence-electron chi connectivity index (χ4n) is 4.73. The van der Waals surface area contributed by atoms with Crippen molar-refractivity contribution in [2.45, 2.75) is 33.6 Å². The molecule has 6 heteroatoms. The highest BCUT2D eigenvalue weighted by molar-refractivity contribution is 6.06. The Labute approximate surface area is 200 Å². The van der Waals surface area contributed by atoms with Crippen LogP contribution in [0.1, 0.15) is 54.4 Å². The van der Waals surface area contributed by atoms with Gasteiger partial charge in [-0.15, -0.1) is 0 Å². The molecule has 1 aromatic heterocycles. The van der Waals surface area contributed by atoms with Gasteiger partial charge in [-0.05, 0) is 53.5 Å². The highest BCUT2D eigenvalue weighted by Gasteiger charge is 2.35. The zero-order valence-corrected chi connectivity index (χ0v) is 20.6. The molecule has 2 aromatic carbocycles. The van der Waals surface area contributed by atoms with Gasteiger partial charge < -0.3 is 19.3 Å². The number of nitrogens with zero attached hydrogens (tertiary/aromatic N) is 1. The number of hydrogen-bond donors (Lipinski definition) is 1. The van der Waals surface area contributed by atoms with Crippen LogP contribution in [0.5, 0.6) is 17.2 Å². The second-order valence-electron chi connectivity index (χ2n) is 9.73. The van der Waals surface area contributed by atoms with Crippen LogP contribution >= 0.6 is 0 Å². The topological polar surface area (TPSA) is 77.9 Å². The molecule has 6 nitrogen and oxygen atoms in total. The van der Waals surface area contributed by atoms with E-state index in [0.717, 1.165) is 28.8 Å². The van der Waals surface area contributed by atoms with Gasteiger partial charge in [0.25, 0.3) is 0 Å². The van der Waals surface area contributed by atoms with Gasteiger partial charge in [-0.1, -0.05) is 39.0 Å². The van der Waals surface area contributed by atoms with E-state index < -0.39 is 5.97 Å². The summed E-state index contributed by atoms with van der Waals surface area (Å²) in [4.78, 5) is 17.4. The number of carboxylic acids is 1. The van der Waals surface area contributed by atoms with Gasteiger partial charge in [-0.3, -0.25) is 0 Å². The zero-order chi connectivity index (χ0) is 24.6. The van der Waals surface area contributed by atoms with Crippen molar-refractivity contribution in [3.05, 3.63) is 58.8 Å². The Balaban J connectivity index is 2.01. The summed E-state index contributed by atoms with van der Waals surface area (Å²) in [5.41, 5.74) is 4.36.